The molecule has 3 atom stereocenters. The van der Waals surface area contributed by atoms with Crippen molar-refractivity contribution < 1.29 is 19.2 Å². The molecule has 0 aromatic heterocycles. The van der Waals surface area contributed by atoms with E-state index in [0.29, 0.717) is 25.1 Å². The molecule has 0 saturated carbocycles. The van der Waals surface area contributed by atoms with Gasteiger partial charge in [-0.15, -0.1) is 0 Å². The van der Waals surface area contributed by atoms with Gasteiger partial charge in [-0.25, -0.2) is 0 Å². The third-order valence-electron chi connectivity index (χ3n) is 5.56. The summed E-state index contributed by atoms with van der Waals surface area (Å²) >= 11 is 4.47. The van der Waals surface area contributed by atoms with E-state index >= 15 is 0 Å². The second-order valence-corrected chi connectivity index (χ2v) is 8.73. The highest BCUT2D eigenvalue weighted by Crippen LogP contribution is 2.23. The average molecular weight is 450 g/mol. The number of nitro groups is 1. The summed E-state index contributed by atoms with van der Waals surface area (Å²) in [5.41, 5.74) is 0.596. The molecule has 2 heterocycles. The Labute approximate surface area is 186 Å². The van der Waals surface area contributed by atoms with Crippen molar-refractivity contribution >= 4 is 36.0 Å². The molecule has 2 N–H and O–H groups in total. The van der Waals surface area contributed by atoms with Gasteiger partial charge in [-0.3, -0.25) is 30.0 Å². The molecule has 10 nitrogen and oxygen atoms in total. The van der Waals surface area contributed by atoms with E-state index in [-0.39, 0.29) is 47.8 Å². The molecule has 1 amide bonds. The van der Waals surface area contributed by atoms with Crippen molar-refractivity contribution in [3.63, 3.8) is 0 Å². The molecule has 0 unspecified atom stereocenters. The van der Waals surface area contributed by atoms with E-state index in [1.165, 1.54) is 24.3 Å². The summed E-state index contributed by atoms with van der Waals surface area (Å²) < 4.78 is 5.15. The predicted molar refractivity (Wildman–Crippen MR) is 117 cm³/mol. The minimum Gasteiger partial charge on any atom is -0.460 e. The van der Waals surface area contributed by atoms with E-state index in [1.807, 2.05) is 16.8 Å². The number of hydrogen-bond acceptors (Lipinski definition) is 8. The number of non-ortho nitro benzene ring substituents is 1. The Morgan fingerprint density at radius 1 is 1.32 bits per heavy atom. The Bertz CT molecular complexity index is 849. The van der Waals surface area contributed by atoms with E-state index in [9.17, 15) is 19.7 Å². The topological polar surface area (TPSA) is 129 Å². The minimum absolute atomic E-state index is 0.0170. The van der Waals surface area contributed by atoms with Crippen LogP contribution in [0.25, 0.3) is 0 Å². The maximum Gasteiger partial charge on any atom is 0.313 e. The second-order valence-electron chi connectivity index (χ2n) is 8.00. The maximum absolute atomic E-state index is 12.7. The number of likely N-dealkylation sites (tertiary alicyclic amines) is 2. The van der Waals surface area contributed by atoms with Crippen LogP contribution in [-0.4, -0.2) is 76.5 Å². The van der Waals surface area contributed by atoms with Crippen LogP contribution in [0.15, 0.2) is 24.3 Å². The summed E-state index contributed by atoms with van der Waals surface area (Å²) in [5.74, 6) is -0.423. The number of thiol groups is 1. The number of benzene rings is 1. The fourth-order valence-electron chi connectivity index (χ4n) is 3.92. The molecule has 11 heteroatoms. The van der Waals surface area contributed by atoms with Crippen molar-refractivity contribution in [1.82, 2.24) is 15.1 Å². The molecule has 2 fully saturated rings. The van der Waals surface area contributed by atoms with Crippen molar-refractivity contribution in [2.75, 3.05) is 26.7 Å². The summed E-state index contributed by atoms with van der Waals surface area (Å²) in [6.45, 7) is 1.90. The number of likely N-dealkylation sites (N-methyl/N-ethyl adjacent to an activating group) is 1. The van der Waals surface area contributed by atoms with E-state index in [1.54, 1.807) is 0 Å². The molecule has 2 saturated heterocycles. The number of carbonyl (C=O) groups is 2. The third-order valence-corrected chi connectivity index (χ3v) is 5.93. The van der Waals surface area contributed by atoms with Gasteiger partial charge >= 0.3 is 5.97 Å². The van der Waals surface area contributed by atoms with E-state index in [2.05, 4.69) is 17.9 Å². The monoisotopic (exact) mass is 449 g/mol. The number of amides is 1. The van der Waals surface area contributed by atoms with Gasteiger partial charge in [0.25, 0.3) is 5.69 Å². The van der Waals surface area contributed by atoms with E-state index in [4.69, 9.17) is 10.1 Å². The number of nitrogens with one attached hydrogen (secondary N) is 2. The van der Waals surface area contributed by atoms with Crippen LogP contribution in [-0.2, 0) is 20.9 Å². The van der Waals surface area contributed by atoms with Crippen molar-refractivity contribution in [1.29, 1.82) is 5.41 Å². The number of nitro benzene ring substituents is 1. The second kappa shape index (κ2) is 10.1. The quantitative estimate of drug-likeness (QED) is 0.142. The summed E-state index contributed by atoms with van der Waals surface area (Å²) in [7, 11) is 1.93. The zero-order valence-electron chi connectivity index (χ0n) is 17.3. The summed E-state index contributed by atoms with van der Waals surface area (Å²) in [6.07, 6.45) is 1.25. The Hall–Kier alpha value is -2.66. The maximum atomic E-state index is 12.7. The Kier molecular flexibility index (Phi) is 7.50. The first-order chi connectivity index (χ1) is 14.7. The van der Waals surface area contributed by atoms with Crippen LogP contribution in [0.4, 0.5) is 5.69 Å². The van der Waals surface area contributed by atoms with Gasteiger partial charge in [0.05, 0.1) is 11.0 Å². The lowest BCUT2D eigenvalue weighted by Gasteiger charge is -2.25. The fourth-order valence-corrected chi connectivity index (χ4v) is 4.38. The molecule has 0 bridgehead atoms. The molecule has 0 aliphatic carbocycles. The van der Waals surface area contributed by atoms with Gasteiger partial charge in [0.1, 0.15) is 18.9 Å². The molecule has 1 aromatic rings. The molecule has 0 spiro atoms. The number of carbonyl (C=O) groups excluding carboxylic acids is 2. The summed E-state index contributed by atoms with van der Waals surface area (Å²) in [6, 6.07) is 5.53. The molecular weight excluding hydrogens is 422 g/mol. The lowest BCUT2D eigenvalue weighted by Crippen LogP contribution is -2.45. The van der Waals surface area contributed by atoms with Crippen LogP contribution in [0.1, 0.15) is 24.8 Å². The molecule has 0 radical (unpaired) electrons. The zero-order valence-corrected chi connectivity index (χ0v) is 18.2. The number of amidine groups is 1. The Morgan fingerprint density at radius 2 is 2.03 bits per heavy atom. The van der Waals surface area contributed by atoms with Crippen molar-refractivity contribution in [3.05, 3.63) is 39.9 Å². The van der Waals surface area contributed by atoms with E-state index in [0.717, 1.165) is 13.0 Å². The van der Waals surface area contributed by atoms with Crippen molar-refractivity contribution in [2.24, 2.45) is 0 Å². The molecule has 2 aliphatic rings. The highest BCUT2D eigenvalue weighted by Gasteiger charge is 2.37. The highest BCUT2D eigenvalue weighted by atomic mass is 32.1. The number of nitrogens with zero attached hydrogens (tertiary/aromatic N) is 3. The van der Waals surface area contributed by atoms with Gasteiger partial charge in [-0.2, -0.15) is 12.6 Å². The highest BCUT2D eigenvalue weighted by molar-refractivity contribution is 7.81. The van der Waals surface area contributed by atoms with Gasteiger partial charge in [0.2, 0.25) is 5.91 Å². The van der Waals surface area contributed by atoms with Crippen molar-refractivity contribution in [3.8, 4) is 0 Å². The van der Waals surface area contributed by atoms with Crippen LogP contribution < -0.4 is 5.32 Å². The normalized spacial score (nSPS) is 23.5. The number of ether oxygens (including phenoxy) is 1. The van der Waals surface area contributed by atoms with Crippen molar-refractivity contribution in [2.45, 2.75) is 43.2 Å². The molecule has 2 aliphatic heterocycles. The van der Waals surface area contributed by atoms with Gasteiger partial charge < -0.3 is 15.0 Å². The lowest BCUT2D eigenvalue weighted by molar-refractivity contribution is -0.384. The van der Waals surface area contributed by atoms with Gasteiger partial charge in [0.15, 0.2) is 0 Å². The number of esters is 1. The lowest BCUT2D eigenvalue weighted by atomic mass is 10.2. The average Bonchev–Trinajstić information content (AvgIpc) is 3.31. The largest absolute Gasteiger partial charge is 0.460 e. The van der Waals surface area contributed by atoms with Crippen LogP contribution in [0, 0.1) is 15.5 Å². The van der Waals surface area contributed by atoms with Gasteiger partial charge in [0, 0.05) is 43.1 Å². The SMILES string of the molecule is CN1C[C@@H](S)C[C@H]1C(=O)N1CC[C@H](NC(=N)CC(=O)OCc2ccc([N+](=O)[O-])cc2)C1. The third kappa shape index (κ3) is 6.17. The standard InChI is InChI=1S/C20H27N5O5S/c1-23-11-16(31)8-17(23)20(27)24-7-6-14(10-24)22-18(21)9-19(26)30-12-13-2-4-15(5-3-13)25(28)29/h2-5,14,16-17,31H,6-12H2,1H3,(H2,21,22)/t14-,16-,17-/m0/s1. The smallest absolute Gasteiger partial charge is 0.313 e. The van der Waals surface area contributed by atoms with Crippen LogP contribution >= 0.6 is 12.6 Å². The Morgan fingerprint density at radius 3 is 2.65 bits per heavy atom. The van der Waals surface area contributed by atoms with Gasteiger partial charge in [-0.1, -0.05) is 0 Å². The van der Waals surface area contributed by atoms with Crippen LogP contribution in [0.3, 0.4) is 0 Å². The zero-order chi connectivity index (χ0) is 22.5. The first-order valence-electron chi connectivity index (χ1n) is 10.1. The molecule has 1 aromatic carbocycles. The van der Waals surface area contributed by atoms with E-state index < -0.39 is 10.9 Å². The molecule has 168 valence electrons. The molecular formula is C20H27N5O5S. The Balaban J connectivity index is 1.39. The summed E-state index contributed by atoms with van der Waals surface area (Å²) in [4.78, 5) is 38.8. The van der Waals surface area contributed by atoms with Crippen LogP contribution in [0.2, 0.25) is 0 Å². The number of rotatable bonds is 7. The predicted octanol–water partition coefficient (Wildman–Crippen LogP) is 1.20. The molecule has 3 rings (SSSR count). The summed E-state index contributed by atoms with van der Waals surface area (Å²) in [5, 5.41) is 21.9. The minimum atomic E-state index is -0.561. The number of hydrogen-bond donors (Lipinski definition) is 3. The van der Waals surface area contributed by atoms with Gasteiger partial charge in [-0.05, 0) is 37.6 Å². The first kappa shape index (κ1) is 23.0. The van der Waals surface area contributed by atoms with Crippen LogP contribution in [0.5, 0.6) is 0 Å². The fraction of sp³-hybridized carbons (Fsp3) is 0.550. The first-order valence-corrected chi connectivity index (χ1v) is 10.6. The molecule has 31 heavy (non-hydrogen) atoms.